The molecule has 0 aliphatic heterocycles. The molecule has 9 heteroatoms. The first kappa shape index (κ1) is 16.0. The molecule has 2 rings (SSSR count). The molecule has 0 bridgehead atoms. The summed E-state index contributed by atoms with van der Waals surface area (Å²) in [5, 5.41) is 2.37. The van der Waals surface area contributed by atoms with E-state index in [1.807, 2.05) is 0 Å². The summed E-state index contributed by atoms with van der Waals surface area (Å²) in [4.78, 5) is 15.6. The van der Waals surface area contributed by atoms with Crippen LogP contribution in [0.1, 0.15) is 10.5 Å². The van der Waals surface area contributed by atoms with E-state index in [1.54, 1.807) is 12.1 Å². The Morgan fingerprint density at radius 1 is 1.14 bits per heavy atom. The van der Waals surface area contributed by atoms with Gasteiger partial charge in [-0.15, -0.1) is 0 Å². The first-order valence-corrected chi connectivity index (χ1v) is 8.51. The second kappa shape index (κ2) is 6.19. The third-order valence-corrected chi connectivity index (χ3v) is 4.36. The molecule has 110 valence electrons. The SMILES string of the molecule is O=C(Nc1c(Cl)cc(S(=O)(=O)Cl)cc1Cl)c1ccccn1. The molecule has 1 aromatic heterocycles. The average Bonchev–Trinajstić information content (AvgIpc) is 2.42. The number of carbonyl (C=O) groups is 1. The number of benzene rings is 1. The van der Waals surface area contributed by atoms with Crippen molar-refractivity contribution in [3.8, 4) is 0 Å². The third kappa shape index (κ3) is 3.85. The Hall–Kier alpha value is -1.34. The largest absolute Gasteiger partial charge is 0.318 e. The van der Waals surface area contributed by atoms with Crippen LogP contribution >= 0.6 is 33.9 Å². The lowest BCUT2D eigenvalue weighted by atomic mass is 10.3. The smallest absolute Gasteiger partial charge is 0.274 e. The Kier molecular flexibility index (Phi) is 4.73. The van der Waals surface area contributed by atoms with Gasteiger partial charge in [0.25, 0.3) is 15.0 Å². The maximum Gasteiger partial charge on any atom is 0.274 e. The summed E-state index contributed by atoms with van der Waals surface area (Å²) in [6, 6.07) is 7.02. The quantitative estimate of drug-likeness (QED) is 0.844. The number of hydrogen-bond donors (Lipinski definition) is 1. The summed E-state index contributed by atoms with van der Waals surface area (Å²) < 4.78 is 22.5. The fourth-order valence-corrected chi connectivity index (χ4v) is 2.98. The molecule has 21 heavy (non-hydrogen) atoms. The van der Waals surface area contributed by atoms with Gasteiger partial charge in [-0.05, 0) is 24.3 Å². The van der Waals surface area contributed by atoms with Crippen molar-refractivity contribution in [2.75, 3.05) is 5.32 Å². The van der Waals surface area contributed by atoms with Crippen molar-refractivity contribution in [3.63, 3.8) is 0 Å². The molecule has 0 aliphatic carbocycles. The molecule has 0 fully saturated rings. The molecule has 0 spiro atoms. The van der Waals surface area contributed by atoms with Crippen LogP contribution in [0.2, 0.25) is 10.0 Å². The molecular weight excluding hydrogens is 359 g/mol. The number of nitrogens with zero attached hydrogens (tertiary/aromatic N) is 1. The number of rotatable bonds is 3. The number of anilines is 1. The van der Waals surface area contributed by atoms with Gasteiger partial charge in [-0.2, -0.15) is 0 Å². The molecule has 0 radical (unpaired) electrons. The van der Waals surface area contributed by atoms with Crippen LogP contribution in [0, 0.1) is 0 Å². The lowest BCUT2D eigenvalue weighted by molar-refractivity contribution is 0.102. The molecule has 0 unspecified atom stereocenters. The molecule has 0 aliphatic rings. The van der Waals surface area contributed by atoms with Gasteiger partial charge in [0.05, 0.1) is 20.6 Å². The highest BCUT2D eigenvalue weighted by atomic mass is 35.7. The van der Waals surface area contributed by atoms with E-state index in [2.05, 4.69) is 10.3 Å². The normalized spacial score (nSPS) is 11.2. The van der Waals surface area contributed by atoms with E-state index in [0.717, 1.165) is 12.1 Å². The zero-order valence-electron chi connectivity index (χ0n) is 10.2. The monoisotopic (exact) mass is 364 g/mol. The van der Waals surface area contributed by atoms with Crippen molar-refractivity contribution >= 4 is 54.5 Å². The van der Waals surface area contributed by atoms with Crippen molar-refractivity contribution < 1.29 is 13.2 Å². The Bertz CT molecular complexity index is 772. The number of nitrogens with one attached hydrogen (secondary N) is 1. The molecule has 1 aromatic carbocycles. The molecule has 0 saturated heterocycles. The van der Waals surface area contributed by atoms with Crippen LogP contribution in [0.5, 0.6) is 0 Å². The number of aromatic nitrogens is 1. The lowest BCUT2D eigenvalue weighted by Crippen LogP contribution is -2.14. The first-order valence-electron chi connectivity index (χ1n) is 5.45. The molecule has 1 N–H and O–H groups in total. The van der Waals surface area contributed by atoms with E-state index in [0.29, 0.717) is 0 Å². The van der Waals surface area contributed by atoms with Crippen LogP contribution in [0.25, 0.3) is 0 Å². The van der Waals surface area contributed by atoms with Gasteiger partial charge in [0, 0.05) is 16.9 Å². The van der Waals surface area contributed by atoms with Crippen molar-refractivity contribution in [1.29, 1.82) is 0 Å². The topological polar surface area (TPSA) is 76.1 Å². The van der Waals surface area contributed by atoms with Crippen molar-refractivity contribution in [2.45, 2.75) is 4.90 Å². The molecule has 0 saturated carbocycles. The molecular formula is C12H7Cl3N2O3S. The van der Waals surface area contributed by atoms with Gasteiger partial charge >= 0.3 is 0 Å². The summed E-state index contributed by atoms with van der Waals surface area (Å²) in [5.74, 6) is -0.527. The van der Waals surface area contributed by atoms with E-state index >= 15 is 0 Å². The highest BCUT2D eigenvalue weighted by Gasteiger charge is 2.18. The van der Waals surface area contributed by atoms with Gasteiger partial charge in [0.2, 0.25) is 0 Å². The minimum Gasteiger partial charge on any atom is -0.318 e. The summed E-state index contributed by atoms with van der Waals surface area (Å²) >= 11 is 11.9. The van der Waals surface area contributed by atoms with Crippen LogP contribution in [0.4, 0.5) is 5.69 Å². The van der Waals surface area contributed by atoms with Crippen molar-refractivity contribution in [1.82, 2.24) is 4.98 Å². The van der Waals surface area contributed by atoms with Gasteiger partial charge in [0.1, 0.15) is 5.69 Å². The van der Waals surface area contributed by atoms with Gasteiger partial charge in [-0.3, -0.25) is 9.78 Å². The number of halogens is 3. The zero-order chi connectivity index (χ0) is 15.6. The van der Waals surface area contributed by atoms with Gasteiger partial charge < -0.3 is 5.32 Å². The second-order valence-electron chi connectivity index (χ2n) is 3.87. The molecule has 0 atom stereocenters. The average molecular weight is 366 g/mol. The summed E-state index contributed by atoms with van der Waals surface area (Å²) in [6.45, 7) is 0. The first-order chi connectivity index (χ1) is 9.79. The Labute approximate surface area is 135 Å². The number of pyridine rings is 1. The van der Waals surface area contributed by atoms with Gasteiger partial charge in [0.15, 0.2) is 0 Å². The minimum absolute atomic E-state index is 0.0500. The van der Waals surface area contributed by atoms with Crippen LogP contribution in [-0.2, 0) is 9.05 Å². The maximum absolute atomic E-state index is 12.0. The van der Waals surface area contributed by atoms with Crippen LogP contribution < -0.4 is 5.32 Å². The Balaban J connectivity index is 2.36. The zero-order valence-corrected chi connectivity index (χ0v) is 13.3. The van der Waals surface area contributed by atoms with E-state index < -0.39 is 15.0 Å². The van der Waals surface area contributed by atoms with Crippen molar-refractivity contribution in [2.24, 2.45) is 0 Å². The highest BCUT2D eigenvalue weighted by molar-refractivity contribution is 8.13. The van der Waals surface area contributed by atoms with Crippen LogP contribution in [-0.4, -0.2) is 19.3 Å². The number of hydrogen-bond acceptors (Lipinski definition) is 4. The van der Waals surface area contributed by atoms with E-state index in [4.69, 9.17) is 33.9 Å². The minimum atomic E-state index is -3.97. The van der Waals surface area contributed by atoms with E-state index in [-0.39, 0.29) is 26.3 Å². The van der Waals surface area contributed by atoms with Crippen molar-refractivity contribution in [3.05, 3.63) is 52.3 Å². The number of carbonyl (C=O) groups excluding carboxylic acids is 1. The van der Waals surface area contributed by atoms with Gasteiger partial charge in [-0.25, -0.2) is 8.42 Å². The maximum atomic E-state index is 12.0. The Morgan fingerprint density at radius 3 is 2.24 bits per heavy atom. The standard InChI is InChI=1S/C12H7Cl3N2O3S/c13-8-5-7(21(15,19)20)6-9(14)11(8)17-12(18)10-3-1-2-4-16-10/h1-6H,(H,17,18). The number of amides is 1. The highest BCUT2D eigenvalue weighted by Crippen LogP contribution is 2.34. The molecule has 2 aromatic rings. The van der Waals surface area contributed by atoms with E-state index in [1.165, 1.54) is 12.3 Å². The summed E-state index contributed by atoms with van der Waals surface area (Å²) in [7, 11) is 1.25. The Morgan fingerprint density at radius 2 is 1.76 bits per heavy atom. The molecule has 1 amide bonds. The third-order valence-electron chi connectivity index (χ3n) is 2.43. The summed E-state index contributed by atoms with van der Waals surface area (Å²) in [6.07, 6.45) is 1.46. The van der Waals surface area contributed by atoms with Gasteiger partial charge in [-0.1, -0.05) is 29.3 Å². The fraction of sp³-hybridized carbons (Fsp3) is 0. The lowest BCUT2D eigenvalue weighted by Gasteiger charge is -2.10. The van der Waals surface area contributed by atoms with Crippen LogP contribution in [0.15, 0.2) is 41.4 Å². The van der Waals surface area contributed by atoms with E-state index in [9.17, 15) is 13.2 Å². The summed E-state index contributed by atoms with van der Waals surface area (Å²) in [5.41, 5.74) is 0.247. The molecule has 5 nitrogen and oxygen atoms in total. The predicted molar refractivity (Wildman–Crippen MR) is 81.7 cm³/mol. The predicted octanol–water partition coefficient (Wildman–Crippen LogP) is 3.57. The second-order valence-corrected chi connectivity index (χ2v) is 7.25. The van der Waals surface area contributed by atoms with Crippen LogP contribution in [0.3, 0.4) is 0 Å². The fourth-order valence-electron chi connectivity index (χ4n) is 1.48. The molecule has 1 heterocycles.